The first-order valence-corrected chi connectivity index (χ1v) is 6.54. The van der Waals surface area contributed by atoms with Crippen LogP contribution in [0, 0.1) is 27.7 Å². The number of benzene rings is 1. The molecule has 0 fully saturated rings. The van der Waals surface area contributed by atoms with Crippen LogP contribution in [0.15, 0.2) is 30.3 Å². The molecule has 0 spiro atoms. The van der Waals surface area contributed by atoms with Gasteiger partial charge < -0.3 is 5.32 Å². The average molecular weight is 269 g/mol. The van der Waals surface area contributed by atoms with Crippen molar-refractivity contribution < 1.29 is 4.79 Å². The molecule has 1 aromatic carbocycles. The molecule has 4 nitrogen and oxygen atoms in total. The fraction of sp³-hybridized carbons (Fsp3) is 0.250. The Morgan fingerprint density at radius 1 is 0.950 bits per heavy atom. The maximum atomic E-state index is 12.0. The van der Waals surface area contributed by atoms with Gasteiger partial charge in [0, 0.05) is 11.4 Å². The number of urea groups is 1. The minimum atomic E-state index is -0.283. The number of hydrogen-bond acceptors (Lipinski definition) is 2. The number of rotatable bonds is 2. The van der Waals surface area contributed by atoms with E-state index in [-0.39, 0.29) is 6.03 Å². The van der Waals surface area contributed by atoms with Crippen molar-refractivity contribution in [2.24, 2.45) is 0 Å². The van der Waals surface area contributed by atoms with E-state index in [0.717, 1.165) is 22.5 Å². The van der Waals surface area contributed by atoms with Gasteiger partial charge in [-0.2, -0.15) is 0 Å². The Kier molecular flexibility index (Phi) is 4.03. The molecule has 2 amide bonds. The molecule has 0 aliphatic carbocycles. The molecule has 0 unspecified atom stereocenters. The Bertz CT molecular complexity index is 630. The second kappa shape index (κ2) is 5.74. The predicted molar refractivity (Wildman–Crippen MR) is 82.3 cm³/mol. The topological polar surface area (TPSA) is 54.0 Å². The van der Waals surface area contributed by atoms with Gasteiger partial charge in [-0.25, -0.2) is 9.78 Å². The third kappa shape index (κ3) is 3.57. The van der Waals surface area contributed by atoms with Gasteiger partial charge in [0.1, 0.15) is 5.82 Å². The van der Waals surface area contributed by atoms with Crippen molar-refractivity contribution in [3.05, 3.63) is 52.7 Å². The maximum Gasteiger partial charge on any atom is 0.324 e. The number of nitrogens with one attached hydrogen (secondary N) is 2. The van der Waals surface area contributed by atoms with Crippen molar-refractivity contribution in [1.82, 2.24) is 4.98 Å². The minimum Gasteiger partial charge on any atom is -0.307 e. The molecule has 0 aliphatic heterocycles. The molecule has 1 heterocycles. The normalized spacial score (nSPS) is 10.2. The van der Waals surface area contributed by atoms with Crippen LogP contribution in [0.3, 0.4) is 0 Å². The summed E-state index contributed by atoms with van der Waals surface area (Å²) in [6.07, 6.45) is 0. The molecule has 104 valence electrons. The van der Waals surface area contributed by atoms with Crippen molar-refractivity contribution in [2.75, 3.05) is 10.6 Å². The standard InChI is InChI=1S/C16H19N3O/c1-10-5-6-14(12(3)7-10)18-16(20)19-15-9-11(2)8-13(4)17-15/h5-9H,1-4H3,(H2,17,18,19,20). The van der Waals surface area contributed by atoms with Crippen LogP contribution in [-0.4, -0.2) is 11.0 Å². The number of aromatic nitrogens is 1. The van der Waals surface area contributed by atoms with Crippen LogP contribution in [0.4, 0.5) is 16.3 Å². The number of carbonyl (C=O) groups excluding carboxylic acids is 1. The fourth-order valence-electron chi connectivity index (χ4n) is 2.13. The third-order valence-electron chi connectivity index (χ3n) is 2.97. The van der Waals surface area contributed by atoms with Crippen LogP contribution >= 0.6 is 0 Å². The van der Waals surface area contributed by atoms with Gasteiger partial charge in [-0.3, -0.25) is 5.32 Å². The second-order valence-electron chi connectivity index (χ2n) is 5.07. The maximum absolute atomic E-state index is 12.0. The smallest absolute Gasteiger partial charge is 0.307 e. The molecule has 4 heteroatoms. The zero-order valence-corrected chi connectivity index (χ0v) is 12.2. The van der Waals surface area contributed by atoms with Gasteiger partial charge in [0.2, 0.25) is 0 Å². The number of pyridine rings is 1. The Morgan fingerprint density at radius 2 is 1.70 bits per heavy atom. The van der Waals surface area contributed by atoms with Crippen molar-refractivity contribution in [1.29, 1.82) is 0 Å². The highest BCUT2D eigenvalue weighted by atomic mass is 16.2. The SMILES string of the molecule is Cc1cc(C)nc(NC(=O)Nc2ccc(C)cc2C)c1. The molecule has 0 saturated carbocycles. The molecule has 0 atom stereocenters. The third-order valence-corrected chi connectivity index (χ3v) is 2.97. The fourth-order valence-corrected chi connectivity index (χ4v) is 2.13. The lowest BCUT2D eigenvalue weighted by molar-refractivity contribution is 0.262. The Labute approximate surface area is 119 Å². The lowest BCUT2D eigenvalue weighted by Crippen LogP contribution is -2.20. The average Bonchev–Trinajstić information content (AvgIpc) is 2.31. The molecule has 20 heavy (non-hydrogen) atoms. The quantitative estimate of drug-likeness (QED) is 0.867. The summed E-state index contributed by atoms with van der Waals surface area (Å²) in [6.45, 7) is 7.87. The van der Waals surface area contributed by atoms with Gasteiger partial charge in [-0.1, -0.05) is 17.7 Å². The van der Waals surface area contributed by atoms with Gasteiger partial charge in [0.25, 0.3) is 0 Å². The first-order valence-electron chi connectivity index (χ1n) is 6.54. The van der Waals surface area contributed by atoms with Crippen molar-refractivity contribution in [3.63, 3.8) is 0 Å². The van der Waals surface area contributed by atoms with E-state index in [1.54, 1.807) is 0 Å². The van der Waals surface area contributed by atoms with E-state index in [1.807, 2.05) is 58.0 Å². The molecule has 0 saturated heterocycles. The molecule has 0 aliphatic rings. The van der Waals surface area contributed by atoms with Gasteiger partial charge in [-0.05, 0) is 57.0 Å². The van der Waals surface area contributed by atoms with Crippen molar-refractivity contribution in [3.8, 4) is 0 Å². The number of hydrogen-bond donors (Lipinski definition) is 2. The summed E-state index contributed by atoms with van der Waals surface area (Å²) in [5, 5.41) is 5.59. The van der Waals surface area contributed by atoms with E-state index in [4.69, 9.17) is 0 Å². The number of aryl methyl sites for hydroxylation is 4. The van der Waals surface area contributed by atoms with E-state index in [2.05, 4.69) is 15.6 Å². The van der Waals surface area contributed by atoms with Crippen LogP contribution < -0.4 is 10.6 Å². The van der Waals surface area contributed by atoms with Crippen LogP contribution in [0.1, 0.15) is 22.4 Å². The first kappa shape index (κ1) is 14.1. The summed E-state index contributed by atoms with van der Waals surface area (Å²) in [6, 6.07) is 9.43. The highest BCUT2D eigenvalue weighted by molar-refractivity contribution is 5.99. The molecule has 1 aromatic heterocycles. The highest BCUT2D eigenvalue weighted by Crippen LogP contribution is 2.16. The summed E-state index contributed by atoms with van der Waals surface area (Å²) in [7, 11) is 0. The van der Waals surface area contributed by atoms with Gasteiger partial charge >= 0.3 is 6.03 Å². The van der Waals surface area contributed by atoms with E-state index >= 15 is 0 Å². The van der Waals surface area contributed by atoms with Crippen molar-refractivity contribution in [2.45, 2.75) is 27.7 Å². The Hall–Kier alpha value is -2.36. The lowest BCUT2D eigenvalue weighted by atomic mass is 10.1. The van der Waals surface area contributed by atoms with E-state index in [0.29, 0.717) is 5.82 Å². The van der Waals surface area contributed by atoms with Crippen LogP contribution in [0.2, 0.25) is 0 Å². The summed E-state index contributed by atoms with van der Waals surface area (Å²) < 4.78 is 0. The number of anilines is 2. The predicted octanol–water partition coefficient (Wildman–Crippen LogP) is 3.96. The zero-order valence-electron chi connectivity index (χ0n) is 12.2. The summed E-state index contributed by atoms with van der Waals surface area (Å²) in [4.78, 5) is 16.3. The largest absolute Gasteiger partial charge is 0.324 e. The molecule has 2 aromatic rings. The Morgan fingerprint density at radius 3 is 2.35 bits per heavy atom. The van der Waals surface area contributed by atoms with E-state index in [1.165, 1.54) is 5.56 Å². The van der Waals surface area contributed by atoms with Gasteiger partial charge in [0.05, 0.1) is 0 Å². The first-order chi connectivity index (χ1) is 9.44. The zero-order chi connectivity index (χ0) is 14.7. The molecule has 2 rings (SSSR count). The number of amides is 2. The molecule has 0 bridgehead atoms. The molecular weight excluding hydrogens is 250 g/mol. The van der Waals surface area contributed by atoms with Crippen molar-refractivity contribution >= 4 is 17.5 Å². The van der Waals surface area contributed by atoms with E-state index in [9.17, 15) is 4.79 Å². The number of nitrogens with zero attached hydrogens (tertiary/aromatic N) is 1. The van der Waals surface area contributed by atoms with Crippen LogP contribution in [0.25, 0.3) is 0 Å². The summed E-state index contributed by atoms with van der Waals surface area (Å²) >= 11 is 0. The summed E-state index contributed by atoms with van der Waals surface area (Å²) in [5.74, 6) is 0.560. The number of carbonyl (C=O) groups is 1. The van der Waals surface area contributed by atoms with Gasteiger partial charge in [0.15, 0.2) is 0 Å². The second-order valence-corrected chi connectivity index (χ2v) is 5.07. The highest BCUT2D eigenvalue weighted by Gasteiger charge is 2.06. The van der Waals surface area contributed by atoms with Crippen LogP contribution in [0.5, 0.6) is 0 Å². The van der Waals surface area contributed by atoms with E-state index < -0.39 is 0 Å². The molecular formula is C16H19N3O. The lowest BCUT2D eigenvalue weighted by Gasteiger charge is -2.11. The van der Waals surface area contributed by atoms with Crippen LogP contribution in [-0.2, 0) is 0 Å². The monoisotopic (exact) mass is 269 g/mol. The van der Waals surface area contributed by atoms with Gasteiger partial charge in [-0.15, -0.1) is 0 Å². The minimum absolute atomic E-state index is 0.283. The molecule has 0 radical (unpaired) electrons. The summed E-state index contributed by atoms with van der Waals surface area (Å²) in [5.41, 5.74) is 4.96. The Balaban J connectivity index is 2.09. The molecule has 2 N–H and O–H groups in total.